The third-order valence-corrected chi connectivity index (χ3v) is 4.38. The van der Waals surface area contributed by atoms with E-state index in [9.17, 15) is 24.9 Å². The van der Waals surface area contributed by atoms with Gasteiger partial charge in [-0.15, -0.1) is 0 Å². The Balaban J connectivity index is 1.58. The molecule has 0 unspecified atom stereocenters. The monoisotopic (exact) mass is 357 g/mol. The second kappa shape index (κ2) is 7.30. The summed E-state index contributed by atoms with van der Waals surface area (Å²) in [4.78, 5) is 30.1. The van der Waals surface area contributed by atoms with Crippen molar-refractivity contribution in [2.24, 2.45) is 0 Å². The molecular formula is C18H19N3O5. The first-order valence-corrected chi connectivity index (χ1v) is 8.21. The van der Waals surface area contributed by atoms with Crippen LogP contribution in [0.3, 0.4) is 0 Å². The maximum Gasteiger partial charge on any atom is 0.254 e. The number of carbonyl (C=O) groups excluding carboxylic acids is 2. The maximum absolute atomic E-state index is 12.5. The Morgan fingerprint density at radius 2 is 1.58 bits per heavy atom. The van der Waals surface area contributed by atoms with Crippen LogP contribution in [0.25, 0.3) is 0 Å². The highest BCUT2D eigenvalue weighted by Gasteiger charge is 2.26. The van der Waals surface area contributed by atoms with Gasteiger partial charge in [0.25, 0.3) is 11.8 Å². The minimum Gasteiger partial charge on any atom is -0.504 e. The van der Waals surface area contributed by atoms with Gasteiger partial charge in [0.15, 0.2) is 17.2 Å². The predicted molar refractivity (Wildman–Crippen MR) is 92.1 cm³/mol. The van der Waals surface area contributed by atoms with Crippen LogP contribution in [0.2, 0.25) is 0 Å². The molecule has 0 atom stereocenters. The van der Waals surface area contributed by atoms with E-state index in [0.29, 0.717) is 31.5 Å². The third-order valence-electron chi connectivity index (χ3n) is 4.38. The van der Waals surface area contributed by atoms with Crippen molar-refractivity contribution in [3.8, 4) is 17.2 Å². The molecule has 2 aromatic rings. The summed E-state index contributed by atoms with van der Waals surface area (Å²) in [7, 11) is 0. The predicted octanol–water partition coefficient (Wildman–Crippen LogP) is 1.23. The third kappa shape index (κ3) is 3.69. The van der Waals surface area contributed by atoms with Crippen LogP contribution in [0.5, 0.6) is 17.2 Å². The van der Waals surface area contributed by atoms with Gasteiger partial charge < -0.3 is 25.5 Å². The lowest BCUT2D eigenvalue weighted by molar-refractivity contribution is 0.0697. The summed E-state index contributed by atoms with van der Waals surface area (Å²) in [6.45, 7) is 0.866. The Kier molecular flexibility index (Phi) is 4.92. The first-order chi connectivity index (χ1) is 12.5. The van der Waals surface area contributed by atoms with Crippen molar-refractivity contribution in [1.29, 1.82) is 0 Å². The van der Waals surface area contributed by atoms with Gasteiger partial charge in [-0.1, -0.05) is 0 Å². The molecule has 1 aliphatic rings. The number of amides is 2. The van der Waals surface area contributed by atoms with E-state index in [2.05, 4.69) is 10.3 Å². The lowest BCUT2D eigenvalue weighted by Crippen LogP contribution is -2.46. The molecule has 136 valence electrons. The van der Waals surface area contributed by atoms with Crippen molar-refractivity contribution in [1.82, 2.24) is 15.2 Å². The molecule has 0 saturated carbocycles. The van der Waals surface area contributed by atoms with Crippen LogP contribution in [-0.2, 0) is 0 Å². The Bertz CT molecular complexity index is 794. The highest BCUT2D eigenvalue weighted by molar-refractivity contribution is 5.96. The van der Waals surface area contributed by atoms with E-state index in [1.54, 1.807) is 29.4 Å². The second-order valence-corrected chi connectivity index (χ2v) is 6.14. The van der Waals surface area contributed by atoms with Crippen LogP contribution in [0.1, 0.15) is 33.6 Å². The molecule has 2 amide bonds. The summed E-state index contributed by atoms with van der Waals surface area (Å²) in [5, 5.41) is 31.4. The molecule has 1 fully saturated rings. The van der Waals surface area contributed by atoms with Crippen LogP contribution < -0.4 is 5.32 Å². The SMILES string of the molecule is O=C(NC1CCN(C(=O)c2cc(O)c(O)c(O)c2)CC1)c1ccncc1. The number of aromatic hydroxyl groups is 3. The fourth-order valence-electron chi connectivity index (χ4n) is 2.91. The van der Waals surface area contributed by atoms with E-state index >= 15 is 0 Å². The van der Waals surface area contributed by atoms with Gasteiger partial charge in [0.1, 0.15) is 0 Å². The van der Waals surface area contributed by atoms with E-state index < -0.39 is 17.2 Å². The van der Waals surface area contributed by atoms with Crippen LogP contribution in [0, 0.1) is 0 Å². The summed E-state index contributed by atoms with van der Waals surface area (Å²) in [6, 6.07) is 5.47. The number of nitrogens with zero attached hydrogens (tertiary/aromatic N) is 2. The van der Waals surface area contributed by atoms with Crippen molar-refractivity contribution >= 4 is 11.8 Å². The van der Waals surface area contributed by atoms with Gasteiger partial charge in [0, 0.05) is 42.7 Å². The first kappa shape index (κ1) is 17.5. The standard InChI is InChI=1S/C18H19N3O5/c22-14-9-12(10-15(23)16(14)24)18(26)21-7-3-13(4-8-21)20-17(25)11-1-5-19-6-2-11/h1-2,5-6,9-10,13,22-24H,3-4,7-8H2,(H,20,25). The van der Waals surface area contributed by atoms with E-state index in [0.717, 1.165) is 12.1 Å². The summed E-state index contributed by atoms with van der Waals surface area (Å²) >= 11 is 0. The fourth-order valence-corrected chi connectivity index (χ4v) is 2.91. The lowest BCUT2D eigenvalue weighted by atomic mass is 10.0. The molecule has 1 saturated heterocycles. The number of hydrogen-bond acceptors (Lipinski definition) is 6. The molecule has 0 radical (unpaired) electrons. The molecule has 0 spiro atoms. The van der Waals surface area contributed by atoms with Gasteiger partial charge >= 0.3 is 0 Å². The molecule has 2 heterocycles. The van der Waals surface area contributed by atoms with Gasteiger partial charge in [0.05, 0.1) is 0 Å². The Hall–Kier alpha value is -3.29. The van der Waals surface area contributed by atoms with E-state index in [1.165, 1.54) is 0 Å². The Morgan fingerprint density at radius 1 is 1.00 bits per heavy atom. The number of nitrogens with one attached hydrogen (secondary N) is 1. The molecule has 4 N–H and O–H groups in total. The minimum absolute atomic E-state index is 0.0404. The zero-order valence-electron chi connectivity index (χ0n) is 13.9. The summed E-state index contributed by atoms with van der Waals surface area (Å²) in [5.74, 6) is -2.28. The first-order valence-electron chi connectivity index (χ1n) is 8.21. The normalized spacial score (nSPS) is 14.8. The molecular weight excluding hydrogens is 338 g/mol. The average Bonchev–Trinajstić information content (AvgIpc) is 2.66. The van der Waals surface area contributed by atoms with Crippen molar-refractivity contribution in [3.05, 3.63) is 47.8 Å². The van der Waals surface area contributed by atoms with Crippen LogP contribution >= 0.6 is 0 Å². The lowest BCUT2D eigenvalue weighted by Gasteiger charge is -2.32. The number of hydrogen-bond donors (Lipinski definition) is 4. The molecule has 26 heavy (non-hydrogen) atoms. The number of benzene rings is 1. The van der Waals surface area contributed by atoms with Crippen molar-refractivity contribution < 1.29 is 24.9 Å². The van der Waals surface area contributed by atoms with Crippen LogP contribution in [0.4, 0.5) is 0 Å². The number of pyridine rings is 1. The largest absolute Gasteiger partial charge is 0.504 e. The topological polar surface area (TPSA) is 123 Å². The van der Waals surface area contributed by atoms with Crippen molar-refractivity contribution in [2.75, 3.05) is 13.1 Å². The number of carbonyl (C=O) groups is 2. The van der Waals surface area contributed by atoms with Crippen LogP contribution in [0.15, 0.2) is 36.7 Å². The Labute approximate surface area is 149 Å². The zero-order valence-corrected chi connectivity index (χ0v) is 13.9. The molecule has 1 aliphatic heterocycles. The summed E-state index contributed by atoms with van der Waals surface area (Å²) in [5.41, 5.74) is 0.630. The number of aromatic nitrogens is 1. The summed E-state index contributed by atoms with van der Waals surface area (Å²) < 4.78 is 0. The smallest absolute Gasteiger partial charge is 0.254 e. The maximum atomic E-state index is 12.5. The average molecular weight is 357 g/mol. The highest BCUT2D eigenvalue weighted by atomic mass is 16.3. The molecule has 0 aliphatic carbocycles. The highest BCUT2D eigenvalue weighted by Crippen LogP contribution is 2.35. The van der Waals surface area contributed by atoms with Gasteiger partial charge in [-0.2, -0.15) is 0 Å². The number of phenols is 3. The number of rotatable bonds is 3. The molecule has 8 nitrogen and oxygen atoms in total. The van der Waals surface area contributed by atoms with Gasteiger partial charge in [-0.25, -0.2) is 0 Å². The van der Waals surface area contributed by atoms with E-state index in [1.807, 2.05) is 0 Å². The number of piperidine rings is 1. The van der Waals surface area contributed by atoms with Crippen molar-refractivity contribution in [3.63, 3.8) is 0 Å². The zero-order chi connectivity index (χ0) is 18.7. The molecule has 3 rings (SSSR count). The van der Waals surface area contributed by atoms with Gasteiger partial charge in [-0.05, 0) is 37.1 Å². The van der Waals surface area contributed by atoms with Crippen LogP contribution in [-0.4, -0.2) is 56.1 Å². The van der Waals surface area contributed by atoms with Gasteiger partial charge in [0.2, 0.25) is 0 Å². The fraction of sp³-hybridized carbons (Fsp3) is 0.278. The Morgan fingerprint density at radius 3 is 2.15 bits per heavy atom. The molecule has 8 heteroatoms. The molecule has 1 aromatic heterocycles. The van der Waals surface area contributed by atoms with E-state index in [-0.39, 0.29) is 23.4 Å². The minimum atomic E-state index is -0.654. The molecule has 1 aromatic carbocycles. The van der Waals surface area contributed by atoms with Crippen molar-refractivity contribution in [2.45, 2.75) is 18.9 Å². The van der Waals surface area contributed by atoms with Gasteiger partial charge in [-0.3, -0.25) is 14.6 Å². The quantitative estimate of drug-likeness (QED) is 0.613. The van der Waals surface area contributed by atoms with E-state index in [4.69, 9.17) is 0 Å². The summed E-state index contributed by atoms with van der Waals surface area (Å²) in [6.07, 6.45) is 4.30. The number of likely N-dealkylation sites (tertiary alicyclic amines) is 1. The second-order valence-electron chi connectivity index (χ2n) is 6.14. The molecule has 0 bridgehead atoms. The number of phenolic OH excluding ortho intramolecular Hbond substituents is 3.